The quantitative estimate of drug-likeness (QED) is 0.471. The number of hydrogen-bond acceptors (Lipinski definition) is 1. The van der Waals surface area contributed by atoms with Crippen molar-refractivity contribution in [1.29, 1.82) is 0 Å². The Bertz CT molecular complexity index is 662. The predicted molar refractivity (Wildman–Crippen MR) is 85.5 cm³/mol. The maximum atomic E-state index is 13.9. The summed E-state index contributed by atoms with van der Waals surface area (Å²) in [4.78, 5) is 4.43. The molecule has 0 bridgehead atoms. The molecule has 0 N–H and O–H groups in total. The maximum absolute atomic E-state index is 13.9. The second-order valence-corrected chi connectivity index (χ2v) is 11.3. The maximum Gasteiger partial charge on any atom is 0.0799 e. The van der Waals surface area contributed by atoms with Crippen LogP contribution in [0, 0.1) is 11.9 Å². The van der Waals surface area contributed by atoms with Gasteiger partial charge in [0.15, 0.2) is 0 Å². The molecule has 1 aromatic carbocycles. The summed E-state index contributed by atoms with van der Waals surface area (Å²) in [6.45, 7) is 10.4. The Morgan fingerprint density at radius 1 is 1.33 bits per heavy atom. The molecule has 0 saturated heterocycles. The number of pyridine rings is 1. The number of hydrogen-bond donors (Lipinski definition) is 0. The molecule has 1 heterocycles. The number of benzene rings is 1. The predicted octanol–water partition coefficient (Wildman–Crippen LogP) is 4.35. The van der Waals surface area contributed by atoms with Gasteiger partial charge in [0.1, 0.15) is 0 Å². The molecule has 0 aliphatic heterocycles. The van der Waals surface area contributed by atoms with Crippen LogP contribution in [0.25, 0.3) is 11.3 Å². The molecule has 0 aliphatic rings. The first-order chi connectivity index (χ1) is 9.60. The van der Waals surface area contributed by atoms with Gasteiger partial charge in [0, 0.05) is 33.5 Å². The Hall–Kier alpha value is -0.834. The number of aromatic nitrogens is 1. The Kier molecular flexibility index (Phi) is 5.47. The van der Waals surface area contributed by atoms with Gasteiger partial charge >= 0.3 is 0 Å². The van der Waals surface area contributed by atoms with Crippen molar-refractivity contribution >= 4 is 13.3 Å². The van der Waals surface area contributed by atoms with Gasteiger partial charge in [-0.1, -0.05) is 50.7 Å². The second-order valence-electron chi connectivity index (χ2n) is 6.26. The molecule has 2 rings (SSSR count). The van der Waals surface area contributed by atoms with Gasteiger partial charge in [0.05, 0.1) is 8.07 Å². The summed E-state index contributed by atoms with van der Waals surface area (Å²) in [5, 5.41) is 1.16. The molecule has 21 heavy (non-hydrogen) atoms. The molecule has 0 spiro atoms. The van der Waals surface area contributed by atoms with Gasteiger partial charge < -0.3 is 4.98 Å². The van der Waals surface area contributed by atoms with Crippen molar-refractivity contribution in [3.63, 3.8) is 0 Å². The zero-order chi connectivity index (χ0) is 15.8. The van der Waals surface area contributed by atoms with Crippen LogP contribution in [0.15, 0.2) is 30.5 Å². The van der Waals surface area contributed by atoms with Crippen molar-refractivity contribution in [2.24, 2.45) is 0 Å². The first-order valence-electron chi connectivity index (χ1n) is 7.28. The molecule has 0 fully saturated rings. The third kappa shape index (κ3) is 4.09. The molecule has 0 unspecified atom stereocenters. The van der Waals surface area contributed by atoms with Crippen LogP contribution in [0.4, 0.5) is 4.39 Å². The molecule has 0 atom stereocenters. The molecule has 115 valence electrons. The fourth-order valence-electron chi connectivity index (χ4n) is 2.22. The first kappa shape index (κ1) is 16.5. The number of nitrogens with zero attached hydrogens (tertiary/aromatic N) is 1. The van der Waals surface area contributed by atoms with Crippen molar-refractivity contribution in [1.82, 2.24) is 4.98 Å². The first-order valence-corrected chi connectivity index (χ1v) is 10.3. The van der Waals surface area contributed by atoms with E-state index in [1.54, 1.807) is 12.1 Å². The van der Waals surface area contributed by atoms with Crippen molar-refractivity contribution in [3.05, 3.63) is 47.9 Å². The summed E-state index contributed by atoms with van der Waals surface area (Å²) < 4.78 is 22.3. The summed E-state index contributed by atoms with van der Waals surface area (Å²) in [6.07, 6.45) is 1.83. The number of rotatable bonds is 3. The second kappa shape index (κ2) is 6.95. The molecule has 4 heteroatoms. The molecular formula is C17H21FIrNSi-. The SMILES string of the molecule is [2H]C(C)(C)c1cc(-c2[c-]cccc2F)ncc1[Si](C)(C)C.[Ir]. The minimum atomic E-state index is -1.61. The molecule has 1 nitrogen and oxygen atoms in total. The van der Waals surface area contributed by atoms with Gasteiger partial charge in [-0.25, -0.2) is 0 Å². The summed E-state index contributed by atoms with van der Waals surface area (Å²) in [5.41, 5.74) is 1.85. The van der Waals surface area contributed by atoms with Gasteiger partial charge in [-0.2, -0.15) is 0 Å². The van der Waals surface area contributed by atoms with Crippen LogP contribution < -0.4 is 5.19 Å². The monoisotopic (exact) mass is 480 g/mol. The van der Waals surface area contributed by atoms with Crippen LogP contribution in [0.5, 0.6) is 0 Å². The van der Waals surface area contributed by atoms with E-state index in [-0.39, 0.29) is 25.9 Å². The van der Waals surface area contributed by atoms with E-state index in [4.69, 9.17) is 1.37 Å². The van der Waals surface area contributed by atoms with Crippen molar-refractivity contribution < 1.29 is 25.9 Å². The van der Waals surface area contributed by atoms with Crippen LogP contribution in [-0.4, -0.2) is 13.1 Å². The van der Waals surface area contributed by atoms with Gasteiger partial charge in [-0.3, -0.25) is 4.39 Å². The van der Waals surface area contributed by atoms with E-state index in [9.17, 15) is 4.39 Å². The van der Waals surface area contributed by atoms with E-state index < -0.39 is 14.0 Å². The summed E-state index contributed by atoms with van der Waals surface area (Å²) >= 11 is 0. The minimum absolute atomic E-state index is 0. The molecular weight excluding hydrogens is 457 g/mol. The van der Waals surface area contributed by atoms with Crippen LogP contribution in [0.2, 0.25) is 19.6 Å². The van der Waals surface area contributed by atoms with Gasteiger partial charge in [0.25, 0.3) is 0 Å². The normalized spacial score (nSPS) is 12.6. The van der Waals surface area contributed by atoms with E-state index in [0.29, 0.717) is 11.3 Å². The minimum Gasteiger partial charge on any atom is -0.305 e. The average molecular weight is 480 g/mol. The van der Waals surface area contributed by atoms with Crippen LogP contribution >= 0.6 is 0 Å². The van der Waals surface area contributed by atoms with Gasteiger partial charge in [0.2, 0.25) is 0 Å². The average Bonchev–Trinajstić information content (AvgIpc) is 2.36. The third-order valence-corrected chi connectivity index (χ3v) is 5.33. The number of halogens is 1. The zero-order valence-corrected chi connectivity index (χ0v) is 16.4. The Labute approximate surface area is 142 Å². The largest absolute Gasteiger partial charge is 0.305 e. The fraction of sp³-hybridized carbons (Fsp3) is 0.353. The summed E-state index contributed by atoms with van der Waals surface area (Å²) in [5.74, 6) is -1.07. The standard InChI is InChI=1S/C17H21FNSi.Ir/c1-12(2)14-10-16(13-8-6-7-9-15(13)18)19-11-17(14)20(3,4)5;/h6-7,9-12H,1-5H3;/q-1;/i12D;. The molecule has 0 amide bonds. The fourth-order valence-corrected chi connectivity index (χ4v) is 3.80. The van der Waals surface area contributed by atoms with E-state index in [1.165, 1.54) is 6.07 Å². The van der Waals surface area contributed by atoms with Gasteiger partial charge in [-0.05, 0) is 16.8 Å². The van der Waals surface area contributed by atoms with E-state index in [2.05, 4.69) is 30.7 Å². The Morgan fingerprint density at radius 3 is 2.52 bits per heavy atom. The Balaban J connectivity index is 0.00000242. The van der Waals surface area contributed by atoms with E-state index in [1.807, 2.05) is 26.1 Å². The smallest absolute Gasteiger partial charge is 0.0799 e. The van der Waals surface area contributed by atoms with Crippen molar-refractivity contribution in [2.75, 3.05) is 0 Å². The van der Waals surface area contributed by atoms with E-state index in [0.717, 1.165) is 10.8 Å². The van der Waals surface area contributed by atoms with E-state index >= 15 is 0 Å². The molecule has 2 aromatic rings. The summed E-state index contributed by atoms with van der Waals surface area (Å²) in [7, 11) is -1.61. The third-order valence-electron chi connectivity index (χ3n) is 3.31. The van der Waals surface area contributed by atoms with Crippen molar-refractivity contribution in [2.45, 2.75) is 39.4 Å². The Morgan fingerprint density at radius 2 is 2.00 bits per heavy atom. The molecule has 1 radical (unpaired) electrons. The topological polar surface area (TPSA) is 12.9 Å². The van der Waals surface area contributed by atoms with Crippen LogP contribution in [0.1, 0.15) is 26.7 Å². The van der Waals surface area contributed by atoms with Crippen LogP contribution in [-0.2, 0) is 20.1 Å². The zero-order valence-electron chi connectivity index (χ0n) is 14.0. The van der Waals surface area contributed by atoms with Crippen LogP contribution in [0.3, 0.4) is 0 Å². The van der Waals surface area contributed by atoms with Gasteiger partial charge in [-0.15, -0.1) is 24.3 Å². The molecule has 0 saturated carbocycles. The molecule has 0 aliphatic carbocycles. The molecule has 1 aromatic heterocycles. The summed E-state index contributed by atoms with van der Waals surface area (Å²) in [6, 6.07) is 9.46. The van der Waals surface area contributed by atoms with Crippen molar-refractivity contribution in [3.8, 4) is 11.3 Å².